The number of nitrogens with zero attached hydrogens (tertiary/aromatic N) is 3. The number of piperidine rings is 1. The van der Waals surface area contributed by atoms with Crippen LogP contribution in [0, 0.1) is 17.3 Å². The molecule has 30 heavy (non-hydrogen) atoms. The van der Waals surface area contributed by atoms with Gasteiger partial charge >= 0.3 is 0 Å². The number of fused-ring (bicyclic) bond motifs is 2. The van der Waals surface area contributed by atoms with Crippen LogP contribution in [-0.4, -0.2) is 46.6 Å². The summed E-state index contributed by atoms with van der Waals surface area (Å²) < 4.78 is 7.06. The zero-order valence-corrected chi connectivity index (χ0v) is 18.6. The number of amides is 1. The fourth-order valence-electron chi connectivity index (χ4n) is 4.98. The molecule has 2 aromatic rings. The molecule has 1 saturated carbocycles. The van der Waals surface area contributed by atoms with E-state index in [9.17, 15) is 9.59 Å². The van der Waals surface area contributed by atoms with Gasteiger partial charge in [-0.2, -0.15) is 5.10 Å². The van der Waals surface area contributed by atoms with E-state index in [-0.39, 0.29) is 18.2 Å². The number of rotatable bonds is 4. The van der Waals surface area contributed by atoms with Crippen LogP contribution in [0.25, 0.3) is 10.9 Å². The topological polar surface area (TPSA) is 64.4 Å². The minimum atomic E-state index is -0.543. The number of likely N-dealkylation sites (tertiary alicyclic amines) is 1. The first-order valence-corrected chi connectivity index (χ1v) is 11.1. The van der Waals surface area contributed by atoms with Gasteiger partial charge in [-0.1, -0.05) is 40.0 Å². The van der Waals surface area contributed by atoms with Crippen molar-refractivity contribution in [1.82, 2.24) is 14.7 Å². The molecule has 2 fully saturated rings. The Labute approximate surface area is 178 Å². The molecule has 1 aromatic heterocycles. The SMILES string of the molecule is COc1ccc2c(C(=O)C(C)(C)C)nn(CC(=O)N3CC[C@H]4CCCC[C@@H]4C3)c2c1. The van der Waals surface area contributed by atoms with Gasteiger partial charge in [-0.05, 0) is 36.8 Å². The summed E-state index contributed by atoms with van der Waals surface area (Å²) in [6, 6.07) is 5.57. The Hall–Kier alpha value is -2.37. The first-order chi connectivity index (χ1) is 14.3. The minimum absolute atomic E-state index is 0.0214. The van der Waals surface area contributed by atoms with Crippen LogP contribution in [0.2, 0.25) is 0 Å². The standard InChI is InChI=1S/C24H33N3O3/c1-24(2,3)23(29)22-19-10-9-18(30-4)13-20(19)27(25-22)15-21(28)26-12-11-16-7-5-6-8-17(16)14-26/h9-10,13,16-17H,5-8,11-12,14-15H2,1-4H3/t16-,17-/m1/s1. The van der Waals surface area contributed by atoms with E-state index in [1.54, 1.807) is 11.8 Å². The summed E-state index contributed by atoms with van der Waals surface area (Å²) >= 11 is 0. The van der Waals surface area contributed by atoms with Crippen molar-refractivity contribution in [2.45, 2.75) is 59.4 Å². The molecular formula is C24H33N3O3. The molecule has 0 unspecified atom stereocenters. The van der Waals surface area contributed by atoms with Crippen LogP contribution in [0.3, 0.4) is 0 Å². The van der Waals surface area contributed by atoms with E-state index in [1.807, 2.05) is 43.9 Å². The number of ketones is 1. The summed E-state index contributed by atoms with van der Waals surface area (Å²) in [5, 5.41) is 5.38. The highest BCUT2D eigenvalue weighted by atomic mass is 16.5. The lowest BCUT2D eigenvalue weighted by Gasteiger charge is -2.41. The highest BCUT2D eigenvalue weighted by Gasteiger charge is 2.33. The average molecular weight is 412 g/mol. The van der Waals surface area contributed by atoms with E-state index >= 15 is 0 Å². The molecule has 6 heteroatoms. The fraction of sp³-hybridized carbons (Fsp3) is 0.625. The number of carbonyl (C=O) groups excluding carboxylic acids is 2. The Bertz CT molecular complexity index is 956. The smallest absolute Gasteiger partial charge is 0.244 e. The van der Waals surface area contributed by atoms with Crippen molar-refractivity contribution >= 4 is 22.6 Å². The largest absolute Gasteiger partial charge is 0.497 e. The van der Waals surface area contributed by atoms with Crippen LogP contribution >= 0.6 is 0 Å². The van der Waals surface area contributed by atoms with Crippen molar-refractivity contribution in [3.8, 4) is 5.75 Å². The van der Waals surface area contributed by atoms with Crippen LogP contribution in [-0.2, 0) is 11.3 Å². The van der Waals surface area contributed by atoms with E-state index in [0.29, 0.717) is 17.4 Å². The highest BCUT2D eigenvalue weighted by Crippen LogP contribution is 2.36. The van der Waals surface area contributed by atoms with E-state index in [2.05, 4.69) is 5.10 Å². The molecular weight excluding hydrogens is 378 g/mol. The van der Waals surface area contributed by atoms with Crippen molar-refractivity contribution in [3.63, 3.8) is 0 Å². The summed E-state index contributed by atoms with van der Waals surface area (Å²) in [5.74, 6) is 2.18. The maximum Gasteiger partial charge on any atom is 0.244 e. The Kier molecular flexibility index (Phi) is 5.60. The third-order valence-corrected chi connectivity index (χ3v) is 6.78. The quantitative estimate of drug-likeness (QED) is 0.703. The molecule has 4 rings (SSSR count). The number of methoxy groups -OCH3 is 1. The molecule has 1 saturated heterocycles. The lowest BCUT2D eigenvalue weighted by Crippen LogP contribution is -2.46. The summed E-state index contributed by atoms with van der Waals surface area (Å²) in [6.45, 7) is 7.52. The second-order valence-corrected chi connectivity index (χ2v) is 9.90. The summed E-state index contributed by atoms with van der Waals surface area (Å²) in [4.78, 5) is 28.2. The molecule has 1 amide bonds. The normalized spacial score (nSPS) is 22.1. The Balaban J connectivity index is 1.61. The first-order valence-electron chi connectivity index (χ1n) is 11.1. The summed E-state index contributed by atoms with van der Waals surface area (Å²) in [6.07, 6.45) is 6.28. The zero-order chi connectivity index (χ0) is 21.5. The van der Waals surface area contributed by atoms with Crippen molar-refractivity contribution in [2.75, 3.05) is 20.2 Å². The van der Waals surface area contributed by atoms with Crippen molar-refractivity contribution in [2.24, 2.45) is 17.3 Å². The van der Waals surface area contributed by atoms with Gasteiger partial charge in [0.2, 0.25) is 5.91 Å². The van der Waals surface area contributed by atoms with Crippen molar-refractivity contribution in [1.29, 1.82) is 0 Å². The van der Waals surface area contributed by atoms with Crippen LogP contribution in [0.5, 0.6) is 5.75 Å². The number of carbonyl (C=O) groups is 2. The number of ether oxygens (including phenoxy) is 1. The third kappa shape index (κ3) is 3.96. The van der Waals surface area contributed by atoms with Gasteiger partial charge in [0.05, 0.1) is 12.6 Å². The van der Waals surface area contributed by atoms with Crippen LogP contribution in [0.1, 0.15) is 63.4 Å². The third-order valence-electron chi connectivity index (χ3n) is 6.78. The lowest BCUT2D eigenvalue weighted by atomic mass is 9.75. The van der Waals surface area contributed by atoms with Gasteiger partial charge in [0.1, 0.15) is 18.0 Å². The number of hydrogen-bond donors (Lipinski definition) is 0. The molecule has 2 heterocycles. The van der Waals surface area contributed by atoms with Crippen LogP contribution < -0.4 is 4.74 Å². The number of benzene rings is 1. The number of aromatic nitrogens is 2. The molecule has 0 spiro atoms. The van der Waals surface area contributed by atoms with E-state index in [4.69, 9.17) is 4.74 Å². The molecule has 0 radical (unpaired) electrons. The zero-order valence-electron chi connectivity index (χ0n) is 18.6. The van der Waals surface area contributed by atoms with Gasteiger partial charge in [0.25, 0.3) is 0 Å². The van der Waals surface area contributed by atoms with Gasteiger partial charge in [-0.25, -0.2) is 0 Å². The Morgan fingerprint density at radius 3 is 2.57 bits per heavy atom. The fourth-order valence-corrected chi connectivity index (χ4v) is 4.98. The van der Waals surface area contributed by atoms with E-state index < -0.39 is 5.41 Å². The van der Waals surface area contributed by atoms with Gasteiger partial charge in [-0.15, -0.1) is 0 Å². The molecule has 2 atom stereocenters. The minimum Gasteiger partial charge on any atom is -0.497 e. The van der Waals surface area contributed by atoms with E-state index in [1.165, 1.54) is 25.7 Å². The second kappa shape index (κ2) is 8.05. The summed E-state index contributed by atoms with van der Waals surface area (Å²) in [5.41, 5.74) is 0.653. The monoisotopic (exact) mass is 411 g/mol. The number of hydrogen-bond acceptors (Lipinski definition) is 4. The average Bonchev–Trinajstić information content (AvgIpc) is 3.09. The van der Waals surface area contributed by atoms with Crippen molar-refractivity contribution < 1.29 is 14.3 Å². The predicted molar refractivity (Wildman–Crippen MR) is 117 cm³/mol. The first kappa shape index (κ1) is 20.9. The molecule has 6 nitrogen and oxygen atoms in total. The molecule has 1 aliphatic heterocycles. The van der Waals surface area contributed by atoms with Crippen LogP contribution in [0.4, 0.5) is 0 Å². The van der Waals surface area contributed by atoms with Gasteiger partial charge in [0, 0.05) is 30.0 Å². The molecule has 0 bridgehead atoms. The highest BCUT2D eigenvalue weighted by molar-refractivity contribution is 6.08. The van der Waals surface area contributed by atoms with Gasteiger partial charge < -0.3 is 9.64 Å². The maximum absolute atomic E-state index is 13.2. The molecule has 1 aliphatic carbocycles. The Morgan fingerprint density at radius 1 is 1.13 bits per heavy atom. The second-order valence-electron chi connectivity index (χ2n) is 9.90. The van der Waals surface area contributed by atoms with Gasteiger partial charge in [-0.3, -0.25) is 14.3 Å². The van der Waals surface area contributed by atoms with Crippen molar-refractivity contribution in [3.05, 3.63) is 23.9 Å². The van der Waals surface area contributed by atoms with E-state index in [0.717, 1.165) is 36.3 Å². The predicted octanol–water partition coefficient (Wildman–Crippen LogP) is 4.31. The molecule has 162 valence electrons. The molecule has 0 N–H and O–H groups in total. The lowest BCUT2D eigenvalue weighted by molar-refractivity contribution is -0.135. The summed E-state index contributed by atoms with van der Waals surface area (Å²) in [7, 11) is 1.61. The molecule has 2 aliphatic rings. The maximum atomic E-state index is 13.2. The molecule has 1 aromatic carbocycles. The van der Waals surface area contributed by atoms with Crippen LogP contribution in [0.15, 0.2) is 18.2 Å². The van der Waals surface area contributed by atoms with Gasteiger partial charge in [0.15, 0.2) is 5.78 Å². The number of Topliss-reactive ketones (excluding diaryl/α,β-unsaturated/α-hetero) is 1. The Morgan fingerprint density at radius 2 is 1.87 bits per heavy atom.